The van der Waals surface area contributed by atoms with Gasteiger partial charge in [0.15, 0.2) is 0 Å². The molecule has 1 aromatic rings. The van der Waals surface area contributed by atoms with E-state index in [0.717, 1.165) is 12.8 Å². The van der Waals surface area contributed by atoms with Gasteiger partial charge < -0.3 is 14.8 Å². The van der Waals surface area contributed by atoms with Crippen molar-refractivity contribution in [1.82, 2.24) is 15.3 Å². The molecule has 2 fully saturated rings. The van der Waals surface area contributed by atoms with Crippen LogP contribution >= 0.6 is 0 Å². The minimum atomic E-state index is -0.253. The summed E-state index contributed by atoms with van der Waals surface area (Å²) < 4.78 is 10.7. The van der Waals surface area contributed by atoms with Crippen LogP contribution in [0.25, 0.3) is 0 Å². The highest BCUT2D eigenvalue weighted by Gasteiger charge is 2.36. The van der Waals surface area contributed by atoms with Crippen molar-refractivity contribution in [2.24, 2.45) is 5.92 Å². The van der Waals surface area contributed by atoms with Crippen molar-refractivity contribution in [2.45, 2.75) is 37.8 Å². The third kappa shape index (κ3) is 3.81. The lowest BCUT2D eigenvalue weighted by Gasteiger charge is -2.30. The van der Waals surface area contributed by atoms with E-state index >= 15 is 0 Å². The molecule has 2 atom stereocenters. The van der Waals surface area contributed by atoms with Gasteiger partial charge in [-0.15, -0.1) is 0 Å². The Morgan fingerprint density at radius 1 is 1.43 bits per heavy atom. The molecule has 3 rings (SSSR count). The van der Waals surface area contributed by atoms with Crippen LogP contribution in [-0.2, 0) is 4.74 Å². The first-order valence-electron chi connectivity index (χ1n) is 7.31. The molecule has 1 aliphatic carbocycles. The molecular formula is C14H20N4O3. The number of ether oxygens (including phenoxy) is 2. The van der Waals surface area contributed by atoms with Crippen molar-refractivity contribution in [3.05, 3.63) is 12.3 Å². The average molecular weight is 292 g/mol. The zero-order valence-corrected chi connectivity index (χ0v) is 12.0. The fourth-order valence-electron chi connectivity index (χ4n) is 2.60. The van der Waals surface area contributed by atoms with Crippen LogP contribution in [0.4, 0.5) is 10.6 Å². The van der Waals surface area contributed by atoms with Crippen molar-refractivity contribution >= 4 is 11.8 Å². The summed E-state index contributed by atoms with van der Waals surface area (Å²) in [5.74, 6) is 1.12. The van der Waals surface area contributed by atoms with Crippen LogP contribution in [0.2, 0.25) is 0 Å². The standard InChI is InChI=1S/C14H20N4O3/c1-20-14-15-6-4-12(18-14)17-13(19)16-10-5-7-21-11(8-10)9-2-3-9/h4,6,9-11H,2-3,5,7-8H2,1H3,(H2,15,16,17,18,19)/t10-,11+/m0/s1. The van der Waals surface area contributed by atoms with Crippen molar-refractivity contribution in [2.75, 3.05) is 19.0 Å². The number of nitrogens with one attached hydrogen (secondary N) is 2. The summed E-state index contributed by atoms with van der Waals surface area (Å²) in [5, 5.41) is 5.69. The van der Waals surface area contributed by atoms with Crippen molar-refractivity contribution in [3.63, 3.8) is 0 Å². The Morgan fingerprint density at radius 2 is 2.29 bits per heavy atom. The second-order valence-corrected chi connectivity index (χ2v) is 5.50. The minimum absolute atomic E-state index is 0.160. The summed E-state index contributed by atoms with van der Waals surface area (Å²) in [7, 11) is 1.49. The first kappa shape index (κ1) is 14.1. The fourth-order valence-corrected chi connectivity index (χ4v) is 2.60. The number of methoxy groups -OCH3 is 1. The molecule has 0 aromatic carbocycles. The molecule has 2 heterocycles. The summed E-state index contributed by atoms with van der Waals surface area (Å²) in [6.45, 7) is 0.716. The molecule has 1 aromatic heterocycles. The highest BCUT2D eigenvalue weighted by Crippen LogP contribution is 2.38. The Morgan fingerprint density at radius 3 is 3.05 bits per heavy atom. The number of hydrogen-bond acceptors (Lipinski definition) is 5. The first-order valence-corrected chi connectivity index (χ1v) is 7.31. The molecule has 2 amide bonds. The predicted octanol–water partition coefficient (Wildman–Crippen LogP) is 1.56. The Bertz CT molecular complexity index is 507. The van der Waals surface area contributed by atoms with Gasteiger partial charge in [-0.25, -0.2) is 9.78 Å². The van der Waals surface area contributed by atoms with E-state index in [-0.39, 0.29) is 18.1 Å². The average Bonchev–Trinajstić information content (AvgIpc) is 3.32. The molecule has 7 heteroatoms. The molecule has 7 nitrogen and oxygen atoms in total. The number of carbonyl (C=O) groups excluding carboxylic acids is 1. The largest absolute Gasteiger partial charge is 0.467 e. The van der Waals surface area contributed by atoms with Gasteiger partial charge >= 0.3 is 12.0 Å². The number of aromatic nitrogens is 2. The minimum Gasteiger partial charge on any atom is -0.467 e. The van der Waals surface area contributed by atoms with Crippen molar-refractivity contribution in [1.29, 1.82) is 0 Å². The molecule has 0 bridgehead atoms. The second kappa shape index (κ2) is 6.26. The van der Waals surface area contributed by atoms with E-state index in [0.29, 0.717) is 24.4 Å². The topological polar surface area (TPSA) is 85.4 Å². The van der Waals surface area contributed by atoms with Crippen molar-refractivity contribution < 1.29 is 14.3 Å². The summed E-state index contributed by atoms with van der Waals surface area (Å²) in [6, 6.07) is 1.76. The third-order valence-corrected chi connectivity index (χ3v) is 3.86. The quantitative estimate of drug-likeness (QED) is 0.879. The highest BCUT2D eigenvalue weighted by molar-refractivity contribution is 5.88. The lowest BCUT2D eigenvalue weighted by atomic mass is 10.0. The van der Waals surface area contributed by atoms with E-state index < -0.39 is 0 Å². The van der Waals surface area contributed by atoms with Gasteiger partial charge in [0, 0.05) is 18.8 Å². The molecule has 21 heavy (non-hydrogen) atoms. The lowest BCUT2D eigenvalue weighted by Crippen LogP contribution is -2.44. The Labute approximate surface area is 123 Å². The maximum absolute atomic E-state index is 12.0. The third-order valence-electron chi connectivity index (χ3n) is 3.86. The molecule has 0 radical (unpaired) electrons. The van der Waals surface area contributed by atoms with Crippen molar-refractivity contribution in [3.8, 4) is 6.01 Å². The number of carbonyl (C=O) groups is 1. The van der Waals surface area contributed by atoms with E-state index in [1.54, 1.807) is 12.3 Å². The maximum Gasteiger partial charge on any atom is 0.320 e. The van der Waals surface area contributed by atoms with Gasteiger partial charge in [-0.1, -0.05) is 0 Å². The second-order valence-electron chi connectivity index (χ2n) is 5.50. The summed E-state index contributed by atoms with van der Waals surface area (Å²) >= 11 is 0. The van der Waals surface area contributed by atoms with E-state index in [2.05, 4.69) is 20.6 Å². The molecule has 2 N–H and O–H groups in total. The van der Waals surface area contributed by atoms with Crippen LogP contribution < -0.4 is 15.4 Å². The van der Waals surface area contributed by atoms with Gasteiger partial charge in [0.25, 0.3) is 0 Å². The van der Waals surface area contributed by atoms with Gasteiger partial charge in [0.05, 0.1) is 13.2 Å². The zero-order valence-electron chi connectivity index (χ0n) is 12.0. The first-order chi connectivity index (χ1) is 10.2. The molecule has 114 valence electrons. The Balaban J connectivity index is 1.51. The molecule has 1 saturated carbocycles. The lowest BCUT2D eigenvalue weighted by molar-refractivity contribution is -0.00889. The number of nitrogens with zero attached hydrogens (tertiary/aromatic N) is 2. The number of amides is 2. The van der Waals surface area contributed by atoms with Crippen LogP contribution in [-0.4, -0.2) is 41.9 Å². The number of rotatable bonds is 4. The van der Waals surface area contributed by atoms with Crippen LogP contribution in [0.1, 0.15) is 25.7 Å². The predicted molar refractivity (Wildman–Crippen MR) is 76.2 cm³/mol. The number of hydrogen-bond donors (Lipinski definition) is 2. The molecular weight excluding hydrogens is 272 g/mol. The van der Waals surface area contributed by atoms with E-state index in [1.807, 2.05) is 0 Å². The highest BCUT2D eigenvalue weighted by atomic mass is 16.5. The molecule has 1 aliphatic heterocycles. The van der Waals surface area contributed by atoms with Gasteiger partial charge in [0.1, 0.15) is 5.82 Å². The molecule has 0 unspecified atom stereocenters. The molecule has 2 aliphatic rings. The molecule has 1 saturated heterocycles. The van der Waals surface area contributed by atoms with Crippen LogP contribution in [0.3, 0.4) is 0 Å². The van der Waals surface area contributed by atoms with E-state index in [9.17, 15) is 4.79 Å². The molecule has 0 spiro atoms. The van der Waals surface area contributed by atoms with Crippen LogP contribution in [0.5, 0.6) is 6.01 Å². The van der Waals surface area contributed by atoms with E-state index in [4.69, 9.17) is 9.47 Å². The fraction of sp³-hybridized carbons (Fsp3) is 0.643. The monoisotopic (exact) mass is 292 g/mol. The SMILES string of the molecule is COc1nccc(NC(=O)N[C@H]2CCO[C@@H](C3CC3)C2)n1. The smallest absolute Gasteiger partial charge is 0.320 e. The van der Waals surface area contributed by atoms with Gasteiger partial charge in [-0.05, 0) is 37.7 Å². The number of urea groups is 1. The van der Waals surface area contributed by atoms with Gasteiger partial charge in [-0.2, -0.15) is 4.98 Å². The van der Waals surface area contributed by atoms with Crippen LogP contribution in [0.15, 0.2) is 12.3 Å². The van der Waals surface area contributed by atoms with E-state index in [1.165, 1.54) is 20.0 Å². The summed E-state index contributed by atoms with van der Waals surface area (Å²) in [6.07, 6.45) is 6.10. The maximum atomic E-state index is 12.0. The Kier molecular flexibility index (Phi) is 4.19. The summed E-state index contributed by atoms with van der Waals surface area (Å²) in [4.78, 5) is 20.0. The summed E-state index contributed by atoms with van der Waals surface area (Å²) in [5.41, 5.74) is 0. The number of anilines is 1. The Hall–Kier alpha value is -1.89. The van der Waals surface area contributed by atoms with Gasteiger partial charge in [0.2, 0.25) is 0 Å². The zero-order chi connectivity index (χ0) is 14.7. The van der Waals surface area contributed by atoms with Gasteiger partial charge in [-0.3, -0.25) is 5.32 Å². The van der Waals surface area contributed by atoms with Crippen LogP contribution in [0, 0.1) is 5.92 Å². The normalized spacial score (nSPS) is 25.2.